The van der Waals surface area contributed by atoms with Crippen molar-refractivity contribution in [2.24, 2.45) is 5.92 Å². The maximum Gasteiger partial charge on any atom is 0.169 e. The van der Waals surface area contributed by atoms with E-state index in [0.29, 0.717) is 13.2 Å². The summed E-state index contributed by atoms with van der Waals surface area (Å²) in [6.07, 6.45) is 2.20. The van der Waals surface area contributed by atoms with Gasteiger partial charge in [-0.2, -0.15) is 0 Å². The van der Waals surface area contributed by atoms with Crippen LogP contribution in [0, 0.1) is 5.92 Å². The van der Waals surface area contributed by atoms with Crippen molar-refractivity contribution < 1.29 is 9.53 Å². The molecule has 1 fully saturated rings. The van der Waals surface area contributed by atoms with Gasteiger partial charge in [-0.3, -0.25) is 4.79 Å². The summed E-state index contributed by atoms with van der Waals surface area (Å²) in [5.74, 6) is 0.156. The van der Waals surface area contributed by atoms with Gasteiger partial charge in [0.2, 0.25) is 0 Å². The summed E-state index contributed by atoms with van der Waals surface area (Å²) in [6.45, 7) is 6.26. The van der Waals surface area contributed by atoms with Crippen LogP contribution in [0.5, 0.6) is 0 Å². The second kappa shape index (κ2) is 6.83. The highest BCUT2D eigenvalue weighted by Crippen LogP contribution is 2.20. The maximum atomic E-state index is 12.5. The van der Waals surface area contributed by atoms with Gasteiger partial charge in [0.1, 0.15) is 0 Å². The third kappa shape index (κ3) is 3.43. The van der Waals surface area contributed by atoms with Gasteiger partial charge in [0, 0.05) is 11.6 Å². The van der Waals surface area contributed by atoms with Crippen LogP contribution in [0.25, 0.3) is 0 Å². The van der Waals surface area contributed by atoms with Gasteiger partial charge >= 0.3 is 0 Å². The summed E-state index contributed by atoms with van der Waals surface area (Å²) in [6, 6.07) is 8.19. The van der Waals surface area contributed by atoms with Crippen LogP contribution in [-0.2, 0) is 11.2 Å². The first kappa shape index (κ1) is 14.2. The van der Waals surface area contributed by atoms with Gasteiger partial charge in [0.05, 0.1) is 19.1 Å². The molecule has 2 unspecified atom stereocenters. The quantitative estimate of drug-likeness (QED) is 0.799. The Hall–Kier alpha value is -1.19. The highest BCUT2D eigenvalue weighted by molar-refractivity contribution is 5.98. The van der Waals surface area contributed by atoms with Crippen molar-refractivity contribution in [1.29, 1.82) is 0 Å². The number of rotatable bonds is 6. The van der Waals surface area contributed by atoms with Crippen LogP contribution < -0.4 is 5.32 Å². The summed E-state index contributed by atoms with van der Waals surface area (Å²) in [7, 11) is 0. The predicted octanol–water partition coefficient (Wildman–Crippen LogP) is 2.45. The Labute approximate surface area is 115 Å². The average molecular weight is 261 g/mol. The fourth-order valence-corrected chi connectivity index (χ4v) is 2.61. The number of aryl methyl sites for hydroxylation is 1. The molecule has 104 valence electrons. The number of likely N-dealkylation sites (N-methyl/N-ethyl adjacent to an activating group) is 1. The summed E-state index contributed by atoms with van der Waals surface area (Å²) in [4.78, 5) is 12.5. The summed E-state index contributed by atoms with van der Waals surface area (Å²) < 4.78 is 5.44. The Morgan fingerprint density at radius 3 is 2.63 bits per heavy atom. The molecule has 0 radical (unpaired) electrons. The predicted molar refractivity (Wildman–Crippen MR) is 76.5 cm³/mol. The minimum absolute atomic E-state index is 0.0445. The molecule has 0 amide bonds. The zero-order valence-corrected chi connectivity index (χ0v) is 11.8. The number of carbonyl (C=O) groups is 1. The van der Waals surface area contributed by atoms with Crippen LogP contribution in [0.3, 0.4) is 0 Å². The molecule has 0 aromatic heterocycles. The van der Waals surface area contributed by atoms with Crippen molar-refractivity contribution in [3.8, 4) is 0 Å². The molecule has 1 aromatic rings. The second-order valence-electron chi connectivity index (χ2n) is 5.12. The molecule has 2 atom stereocenters. The van der Waals surface area contributed by atoms with Gasteiger partial charge in [0.25, 0.3) is 0 Å². The van der Waals surface area contributed by atoms with E-state index in [1.165, 1.54) is 5.56 Å². The molecule has 2 rings (SSSR count). The lowest BCUT2D eigenvalue weighted by molar-refractivity contribution is 0.0891. The highest BCUT2D eigenvalue weighted by atomic mass is 16.5. The Bertz CT molecular complexity index is 413. The van der Waals surface area contributed by atoms with Crippen molar-refractivity contribution >= 4 is 5.78 Å². The van der Waals surface area contributed by atoms with Crippen LogP contribution >= 0.6 is 0 Å². The number of benzene rings is 1. The van der Waals surface area contributed by atoms with Crippen LogP contribution in [-0.4, -0.2) is 31.6 Å². The molecule has 0 saturated carbocycles. The van der Waals surface area contributed by atoms with Crippen LogP contribution in [0.15, 0.2) is 24.3 Å². The van der Waals surface area contributed by atoms with E-state index in [2.05, 4.69) is 31.3 Å². The van der Waals surface area contributed by atoms with Gasteiger partial charge < -0.3 is 10.1 Å². The third-order valence-corrected chi connectivity index (χ3v) is 3.66. The Kier molecular flexibility index (Phi) is 5.11. The minimum atomic E-state index is -0.0445. The average Bonchev–Trinajstić information content (AvgIpc) is 2.88. The number of ketones is 1. The number of carbonyl (C=O) groups excluding carboxylic acids is 1. The molecule has 1 saturated heterocycles. The van der Waals surface area contributed by atoms with Gasteiger partial charge in [0.15, 0.2) is 5.78 Å². The molecule has 1 heterocycles. The first-order chi connectivity index (χ1) is 9.26. The molecule has 3 heteroatoms. The summed E-state index contributed by atoms with van der Waals surface area (Å²) in [5.41, 5.74) is 2.10. The monoisotopic (exact) mass is 261 g/mol. The molecule has 1 aliphatic heterocycles. The van der Waals surface area contributed by atoms with Crippen molar-refractivity contribution in [1.82, 2.24) is 5.32 Å². The largest absolute Gasteiger partial charge is 0.379 e. The number of ether oxygens (including phenoxy) is 1. The van der Waals surface area contributed by atoms with Gasteiger partial charge in [-0.05, 0) is 18.5 Å². The molecule has 19 heavy (non-hydrogen) atoms. The van der Waals surface area contributed by atoms with Gasteiger partial charge in [-0.25, -0.2) is 0 Å². The van der Waals surface area contributed by atoms with Crippen LogP contribution in [0.4, 0.5) is 0 Å². The number of hydrogen-bond donors (Lipinski definition) is 1. The standard InChI is InChI=1S/C16H23NO2/c1-3-5-12-6-8-13(9-7-12)16(18)14-10-19-11-15(14)17-4-2/h6-9,14-15,17H,3-5,10-11H2,1-2H3. The van der Waals surface area contributed by atoms with E-state index in [1.807, 2.05) is 12.1 Å². The second-order valence-corrected chi connectivity index (χ2v) is 5.12. The molecule has 0 aliphatic carbocycles. The zero-order chi connectivity index (χ0) is 13.7. The first-order valence-corrected chi connectivity index (χ1v) is 7.20. The number of nitrogens with one attached hydrogen (secondary N) is 1. The minimum Gasteiger partial charge on any atom is -0.379 e. The van der Waals surface area contributed by atoms with E-state index in [4.69, 9.17) is 4.74 Å². The molecular formula is C16H23NO2. The lowest BCUT2D eigenvalue weighted by Crippen LogP contribution is -2.39. The number of Topliss-reactive ketones (excluding diaryl/α,β-unsaturated/α-hetero) is 1. The van der Waals surface area contributed by atoms with Crippen molar-refractivity contribution in [3.05, 3.63) is 35.4 Å². The van der Waals surface area contributed by atoms with Gasteiger partial charge in [-0.1, -0.05) is 44.5 Å². The SMILES string of the molecule is CCCc1ccc(C(=O)C2COCC2NCC)cc1. The summed E-state index contributed by atoms with van der Waals surface area (Å²) in [5, 5.41) is 3.33. The van der Waals surface area contributed by atoms with Crippen molar-refractivity contribution in [2.45, 2.75) is 32.7 Å². The zero-order valence-electron chi connectivity index (χ0n) is 11.8. The fourth-order valence-electron chi connectivity index (χ4n) is 2.61. The van der Waals surface area contributed by atoms with E-state index in [-0.39, 0.29) is 17.7 Å². The highest BCUT2D eigenvalue weighted by Gasteiger charge is 2.33. The van der Waals surface area contributed by atoms with E-state index in [0.717, 1.165) is 24.9 Å². The molecule has 3 nitrogen and oxygen atoms in total. The lowest BCUT2D eigenvalue weighted by atomic mass is 9.92. The van der Waals surface area contributed by atoms with E-state index in [9.17, 15) is 4.79 Å². The third-order valence-electron chi connectivity index (χ3n) is 3.66. The fraction of sp³-hybridized carbons (Fsp3) is 0.562. The van der Waals surface area contributed by atoms with E-state index < -0.39 is 0 Å². The lowest BCUT2D eigenvalue weighted by Gasteiger charge is -2.17. The van der Waals surface area contributed by atoms with E-state index in [1.54, 1.807) is 0 Å². The normalized spacial score (nSPS) is 22.6. The van der Waals surface area contributed by atoms with Crippen LogP contribution in [0.1, 0.15) is 36.2 Å². The number of hydrogen-bond acceptors (Lipinski definition) is 3. The Morgan fingerprint density at radius 2 is 2.00 bits per heavy atom. The summed E-state index contributed by atoms with van der Waals surface area (Å²) >= 11 is 0. The van der Waals surface area contributed by atoms with Crippen molar-refractivity contribution in [3.63, 3.8) is 0 Å². The molecule has 1 N–H and O–H groups in total. The van der Waals surface area contributed by atoms with Crippen molar-refractivity contribution in [2.75, 3.05) is 19.8 Å². The molecule has 1 aliphatic rings. The maximum absolute atomic E-state index is 12.5. The Morgan fingerprint density at radius 1 is 1.26 bits per heavy atom. The molecule has 0 spiro atoms. The Balaban J connectivity index is 2.06. The molecule has 0 bridgehead atoms. The van der Waals surface area contributed by atoms with Gasteiger partial charge in [-0.15, -0.1) is 0 Å². The van der Waals surface area contributed by atoms with Crippen LogP contribution in [0.2, 0.25) is 0 Å². The topological polar surface area (TPSA) is 38.3 Å². The molecule has 1 aromatic carbocycles. The smallest absolute Gasteiger partial charge is 0.169 e. The first-order valence-electron chi connectivity index (χ1n) is 7.20. The molecular weight excluding hydrogens is 238 g/mol. The van der Waals surface area contributed by atoms with E-state index >= 15 is 0 Å².